The van der Waals surface area contributed by atoms with E-state index in [0.717, 1.165) is 11.8 Å². The third kappa shape index (κ3) is 3.10. The Morgan fingerprint density at radius 1 is 1.45 bits per heavy atom. The van der Waals surface area contributed by atoms with Crippen LogP contribution in [0.3, 0.4) is 0 Å². The van der Waals surface area contributed by atoms with Crippen molar-refractivity contribution in [2.75, 3.05) is 11.9 Å². The number of anilines is 1. The largest absolute Gasteiger partial charge is 0.545 e. The number of hydrogen-bond acceptors (Lipinski definition) is 6. The minimum Gasteiger partial charge on any atom is -0.545 e. The summed E-state index contributed by atoms with van der Waals surface area (Å²) in [5, 5.41) is 24.5. The molecule has 0 saturated heterocycles. The third-order valence-corrected chi connectivity index (χ3v) is 2.70. The normalized spacial score (nSPS) is 10.2. The monoisotopic (exact) mass is 275 g/mol. The Hall–Kier alpha value is -2.90. The maximum atomic E-state index is 11.0. The summed E-state index contributed by atoms with van der Waals surface area (Å²) < 4.78 is 0. The molecule has 0 unspecified atom stereocenters. The maximum absolute atomic E-state index is 11.0. The number of carboxylic acids is 1. The fourth-order valence-corrected chi connectivity index (χ4v) is 1.72. The average Bonchev–Trinajstić information content (AvgIpc) is 2.91. The summed E-state index contributed by atoms with van der Waals surface area (Å²) >= 11 is 0. The van der Waals surface area contributed by atoms with Crippen LogP contribution in [-0.4, -0.2) is 27.4 Å². The van der Waals surface area contributed by atoms with E-state index in [0.29, 0.717) is 13.0 Å². The predicted molar refractivity (Wildman–Crippen MR) is 68.2 cm³/mol. The molecule has 1 aromatic carbocycles. The van der Waals surface area contributed by atoms with Crippen LogP contribution >= 0.6 is 0 Å². The fraction of sp³-hybridized carbons (Fsp3) is 0.167. The molecule has 1 heterocycles. The van der Waals surface area contributed by atoms with Crippen molar-refractivity contribution in [2.45, 2.75) is 6.42 Å². The molecular formula is C12H11N4O4-. The standard InChI is InChI=1S/C12H12N4O4/c17-12(18)10-5-9(16(19)20)1-2-11(10)14-4-3-8-6-13-7-15-8/h1-2,5-7,14H,3-4H2,(H,13,15)(H,17,18)/p-1. The molecule has 0 radical (unpaired) electrons. The fourth-order valence-electron chi connectivity index (χ4n) is 1.72. The molecule has 0 aliphatic carbocycles. The summed E-state index contributed by atoms with van der Waals surface area (Å²) in [6.07, 6.45) is 3.83. The molecule has 0 aliphatic rings. The summed E-state index contributed by atoms with van der Waals surface area (Å²) in [7, 11) is 0. The van der Waals surface area contributed by atoms with E-state index in [1.54, 1.807) is 12.5 Å². The molecule has 0 saturated carbocycles. The van der Waals surface area contributed by atoms with E-state index in [2.05, 4.69) is 15.3 Å². The first-order chi connectivity index (χ1) is 9.58. The summed E-state index contributed by atoms with van der Waals surface area (Å²) in [5.74, 6) is -1.46. The van der Waals surface area contributed by atoms with Gasteiger partial charge >= 0.3 is 0 Å². The van der Waals surface area contributed by atoms with Crippen LogP contribution in [0.15, 0.2) is 30.7 Å². The molecule has 0 fully saturated rings. The van der Waals surface area contributed by atoms with E-state index in [1.807, 2.05) is 0 Å². The van der Waals surface area contributed by atoms with Crippen molar-refractivity contribution in [3.8, 4) is 0 Å². The second kappa shape index (κ2) is 5.83. The Kier molecular flexibility index (Phi) is 3.94. The summed E-state index contributed by atoms with van der Waals surface area (Å²) in [6.45, 7) is 0.459. The number of H-pyrrole nitrogens is 1. The van der Waals surface area contributed by atoms with Gasteiger partial charge in [0.25, 0.3) is 5.69 Å². The maximum Gasteiger partial charge on any atom is 0.270 e. The topological polar surface area (TPSA) is 124 Å². The van der Waals surface area contributed by atoms with Gasteiger partial charge in [-0.15, -0.1) is 0 Å². The second-order valence-corrected chi connectivity index (χ2v) is 4.03. The van der Waals surface area contributed by atoms with Gasteiger partial charge in [-0.25, -0.2) is 4.98 Å². The molecule has 8 heteroatoms. The number of aromatic carboxylic acids is 1. The lowest BCUT2D eigenvalue weighted by Gasteiger charge is -2.12. The van der Waals surface area contributed by atoms with Crippen molar-refractivity contribution in [3.63, 3.8) is 0 Å². The van der Waals surface area contributed by atoms with Crippen LogP contribution in [0, 0.1) is 10.1 Å². The van der Waals surface area contributed by atoms with Crippen LogP contribution < -0.4 is 10.4 Å². The number of rotatable bonds is 6. The molecule has 20 heavy (non-hydrogen) atoms. The lowest BCUT2D eigenvalue weighted by atomic mass is 10.1. The minimum atomic E-state index is -1.46. The van der Waals surface area contributed by atoms with Crippen molar-refractivity contribution >= 4 is 17.3 Å². The van der Waals surface area contributed by atoms with E-state index < -0.39 is 10.9 Å². The van der Waals surface area contributed by atoms with Crippen LogP contribution in [0.5, 0.6) is 0 Å². The van der Waals surface area contributed by atoms with Crippen LogP contribution in [0.25, 0.3) is 0 Å². The van der Waals surface area contributed by atoms with Gasteiger partial charge in [0.2, 0.25) is 0 Å². The molecule has 2 aromatic rings. The molecule has 104 valence electrons. The highest BCUT2D eigenvalue weighted by Gasteiger charge is 2.11. The molecule has 0 bridgehead atoms. The zero-order valence-corrected chi connectivity index (χ0v) is 10.3. The molecule has 8 nitrogen and oxygen atoms in total. The van der Waals surface area contributed by atoms with Crippen molar-refractivity contribution in [3.05, 3.63) is 52.1 Å². The molecule has 1 aromatic heterocycles. The summed E-state index contributed by atoms with van der Waals surface area (Å²) in [5.41, 5.74) is 0.664. The Morgan fingerprint density at radius 3 is 2.85 bits per heavy atom. The van der Waals surface area contributed by atoms with E-state index >= 15 is 0 Å². The number of nitro groups is 1. The van der Waals surface area contributed by atoms with Crippen LogP contribution in [0.4, 0.5) is 11.4 Å². The van der Waals surface area contributed by atoms with Gasteiger partial charge in [-0.3, -0.25) is 10.1 Å². The molecule has 0 amide bonds. The number of non-ortho nitro benzene ring substituents is 1. The number of imidazole rings is 1. The summed E-state index contributed by atoms with van der Waals surface area (Å²) in [4.78, 5) is 27.7. The highest BCUT2D eigenvalue weighted by Crippen LogP contribution is 2.21. The lowest BCUT2D eigenvalue weighted by Crippen LogP contribution is -2.24. The Labute approximate surface area is 113 Å². The van der Waals surface area contributed by atoms with Gasteiger partial charge in [-0.05, 0) is 6.07 Å². The molecular weight excluding hydrogens is 264 g/mol. The van der Waals surface area contributed by atoms with Crippen molar-refractivity contribution in [1.29, 1.82) is 0 Å². The highest BCUT2D eigenvalue weighted by atomic mass is 16.6. The quantitative estimate of drug-likeness (QED) is 0.578. The van der Waals surface area contributed by atoms with Crippen molar-refractivity contribution in [1.82, 2.24) is 9.97 Å². The number of carbonyl (C=O) groups excluding carboxylic acids is 1. The van der Waals surface area contributed by atoms with E-state index in [-0.39, 0.29) is 16.9 Å². The zero-order valence-electron chi connectivity index (χ0n) is 10.3. The van der Waals surface area contributed by atoms with E-state index in [4.69, 9.17) is 0 Å². The van der Waals surface area contributed by atoms with Gasteiger partial charge in [0.05, 0.1) is 17.2 Å². The zero-order chi connectivity index (χ0) is 14.5. The number of nitro benzene ring substituents is 1. The van der Waals surface area contributed by atoms with Gasteiger partial charge in [-0.2, -0.15) is 0 Å². The van der Waals surface area contributed by atoms with E-state index in [1.165, 1.54) is 12.1 Å². The molecule has 0 atom stereocenters. The smallest absolute Gasteiger partial charge is 0.270 e. The number of carboxylic acid groups (broad SMARTS) is 1. The lowest BCUT2D eigenvalue weighted by molar-refractivity contribution is -0.385. The number of nitrogens with zero attached hydrogens (tertiary/aromatic N) is 2. The average molecular weight is 275 g/mol. The molecule has 0 aliphatic heterocycles. The van der Waals surface area contributed by atoms with Crippen molar-refractivity contribution in [2.24, 2.45) is 0 Å². The van der Waals surface area contributed by atoms with E-state index in [9.17, 15) is 20.0 Å². The molecule has 2 N–H and O–H groups in total. The van der Waals surface area contributed by atoms with Crippen LogP contribution in [-0.2, 0) is 6.42 Å². The number of benzene rings is 1. The first-order valence-corrected chi connectivity index (χ1v) is 5.79. The predicted octanol–water partition coefficient (Wildman–Crippen LogP) is 0.336. The van der Waals surface area contributed by atoms with Gasteiger partial charge in [-0.1, -0.05) is 0 Å². The minimum absolute atomic E-state index is 0.233. The Bertz CT molecular complexity index is 624. The highest BCUT2D eigenvalue weighted by molar-refractivity contribution is 5.93. The van der Waals surface area contributed by atoms with Crippen LogP contribution in [0.1, 0.15) is 16.1 Å². The molecule has 0 spiro atoms. The third-order valence-electron chi connectivity index (χ3n) is 2.70. The number of carbonyl (C=O) groups is 1. The van der Waals surface area contributed by atoms with Gasteiger partial charge in [0, 0.05) is 48.2 Å². The Morgan fingerprint density at radius 2 is 2.25 bits per heavy atom. The molecule has 2 rings (SSSR count). The van der Waals surface area contributed by atoms with Gasteiger partial charge < -0.3 is 20.2 Å². The SMILES string of the molecule is O=C([O-])c1cc([N+](=O)[O-])ccc1NCCc1cnc[nH]1. The van der Waals surface area contributed by atoms with Gasteiger partial charge in [0.15, 0.2) is 0 Å². The number of nitrogens with one attached hydrogen (secondary N) is 2. The number of hydrogen-bond donors (Lipinski definition) is 2. The van der Waals surface area contributed by atoms with Crippen LogP contribution in [0.2, 0.25) is 0 Å². The summed E-state index contributed by atoms with van der Waals surface area (Å²) in [6, 6.07) is 3.58. The number of aromatic amines is 1. The second-order valence-electron chi connectivity index (χ2n) is 4.03. The van der Waals surface area contributed by atoms with Crippen molar-refractivity contribution < 1.29 is 14.8 Å². The first-order valence-electron chi connectivity index (χ1n) is 5.79. The van der Waals surface area contributed by atoms with Gasteiger partial charge in [0.1, 0.15) is 0 Å². The first kappa shape index (κ1) is 13.5. The Balaban J connectivity index is 2.10. The number of aromatic nitrogens is 2.